The molecule has 0 bridgehead atoms. The van der Waals surface area contributed by atoms with Crippen LogP contribution in [-0.4, -0.2) is 35.7 Å². The third-order valence-electron chi connectivity index (χ3n) is 4.55. The predicted octanol–water partition coefficient (Wildman–Crippen LogP) is 3.21. The lowest BCUT2D eigenvalue weighted by atomic mass is 9.89. The molecule has 1 fully saturated rings. The number of hydrogen-bond acceptors (Lipinski definition) is 3. The van der Waals surface area contributed by atoms with E-state index in [0.29, 0.717) is 5.92 Å². The van der Waals surface area contributed by atoms with E-state index in [1.54, 1.807) is 0 Å². The molecule has 0 aromatic heterocycles. The number of nitrogens with zero attached hydrogens (tertiary/aromatic N) is 1. The Morgan fingerprint density at radius 1 is 1.48 bits per heavy atom. The van der Waals surface area contributed by atoms with Gasteiger partial charge in [-0.3, -0.25) is 4.90 Å². The van der Waals surface area contributed by atoms with Gasteiger partial charge in [-0.15, -0.1) is 0 Å². The Morgan fingerprint density at radius 2 is 2.29 bits per heavy atom. The maximum Gasteiger partial charge on any atom is 0.0499 e. The third kappa shape index (κ3) is 4.43. The molecule has 21 heavy (non-hydrogen) atoms. The van der Waals surface area contributed by atoms with Crippen LogP contribution in [0.3, 0.4) is 0 Å². The van der Waals surface area contributed by atoms with Gasteiger partial charge in [-0.2, -0.15) is 0 Å². The highest BCUT2D eigenvalue weighted by atomic mass is 35.5. The van der Waals surface area contributed by atoms with Gasteiger partial charge in [0.1, 0.15) is 0 Å². The van der Waals surface area contributed by atoms with Crippen molar-refractivity contribution >= 4 is 11.6 Å². The van der Waals surface area contributed by atoms with Gasteiger partial charge in [0.2, 0.25) is 0 Å². The normalized spacial score (nSPS) is 23.0. The summed E-state index contributed by atoms with van der Waals surface area (Å²) in [5, 5.41) is 9.96. The Morgan fingerprint density at radius 3 is 2.95 bits per heavy atom. The number of rotatable bonds is 6. The molecule has 1 aromatic carbocycles. The van der Waals surface area contributed by atoms with Crippen molar-refractivity contribution in [2.45, 2.75) is 44.7 Å². The zero-order chi connectivity index (χ0) is 15.2. The molecular weight excluding hydrogens is 284 g/mol. The summed E-state index contributed by atoms with van der Waals surface area (Å²) in [7, 11) is 0. The van der Waals surface area contributed by atoms with Crippen molar-refractivity contribution in [3.8, 4) is 0 Å². The molecule has 2 rings (SSSR count). The van der Waals surface area contributed by atoms with Crippen LogP contribution in [0.1, 0.15) is 44.2 Å². The number of hydrogen-bond donors (Lipinski definition) is 2. The molecule has 0 saturated carbocycles. The molecule has 1 aromatic rings. The molecule has 3 atom stereocenters. The molecule has 0 spiro atoms. The molecule has 118 valence electrons. The van der Waals surface area contributed by atoms with Gasteiger partial charge in [-0.05, 0) is 55.8 Å². The van der Waals surface area contributed by atoms with Crippen molar-refractivity contribution in [3.63, 3.8) is 0 Å². The monoisotopic (exact) mass is 310 g/mol. The lowest BCUT2D eigenvalue weighted by molar-refractivity contribution is 0.0930. The van der Waals surface area contributed by atoms with E-state index in [9.17, 15) is 5.11 Å². The van der Waals surface area contributed by atoms with E-state index in [0.717, 1.165) is 31.0 Å². The minimum Gasteiger partial charge on any atom is -0.396 e. The molecule has 3 nitrogen and oxygen atoms in total. The Hall–Kier alpha value is -0.610. The first-order valence-corrected chi connectivity index (χ1v) is 8.39. The number of piperidine rings is 1. The fourth-order valence-corrected chi connectivity index (χ4v) is 3.61. The maximum absolute atomic E-state index is 9.19. The number of halogens is 1. The Kier molecular flexibility index (Phi) is 6.49. The fraction of sp³-hybridized carbons (Fsp3) is 0.647. The van der Waals surface area contributed by atoms with Gasteiger partial charge >= 0.3 is 0 Å². The smallest absolute Gasteiger partial charge is 0.0499 e. The predicted molar refractivity (Wildman–Crippen MR) is 88.5 cm³/mol. The maximum atomic E-state index is 9.19. The van der Waals surface area contributed by atoms with Crippen LogP contribution in [0, 0.1) is 5.92 Å². The molecule has 1 aliphatic heterocycles. The minimum absolute atomic E-state index is 0.108. The summed E-state index contributed by atoms with van der Waals surface area (Å²) in [4.78, 5) is 2.49. The SMILES string of the molecule is CCC(N)C(c1cccc(Cl)c1)N1CCCC(CCO)C1. The first-order valence-electron chi connectivity index (χ1n) is 8.01. The molecule has 4 heteroatoms. The second-order valence-corrected chi connectivity index (χ2v) is 6.52. The highest BCUT2D eigenvalue weighted by Gasteiger charge is 2.30. The molecule has 1 saturated heterocycles. The van der Waals surface area contributed by atoms with Crippen molar-refractivity contribution in [1.29, 1.82) is 0 Å². The molecule has 3 unspecified atom stereocenters. The third-order valence-corrected chi connectivity index (χ3v) is 4.78. The summed E-state index contributed by atoms with van der Waals surface area (Å²) in [6, 6.07) is 8.40. The van der Waals surface area contributed by atoms with Crippen LogP contribution >= 0.6 is 11.6 Å². The van der Waals surface area contributed by atoms with Crippen LogP contribution in [0.4, 0.5) is 0 Å². The summed E-state index contributed by atoms with van der Waals surface area (Å²) in [5.74, 6) is 0.578. The zero-order valence-electron chi connectivity index (χ0n) is 12.8. The zero-order valence-corrected chi connectivity index (χ0v) is 13.6. The van der Waals surface area contributed by atoms with Gasteiger partial charge in [0, 0.05) is 30.3 Å². The first kappa shape index (κ1) is 16.8. The Labute approximate surface area is 133 Å². The number of aliphatic hydroxyl groups is 1. The lowest BCUT2D eigenvalue weighted by Gasteiger charge is -2.41. The summed E-state index contributed by atoms with van der Waals surface area (Å²) < 4.78 is 0. The van der Waals surface area contributed by atoms with Crippen LogP contribution < -0.4 is 5.73 Å². The van der Waals surface area contributed by atoms with Crippen LogP contribution in [0.2, 0.25) is 5.02 Å². The number of aliphatic hydroxyl groups excluding tert-OH is 1. The van der Waals surface area contributed by atoms with Gasteiger partial charge < -0.3 is 10.8 Å². The van der Waals surface area contributed by atoms with Crippen molar-refractivity contribution in [2.75, 3.05) is 19.7 Å². The van der Waals surface area contributed by atoms with Crippen LogP contribution in [0.25, 0.3) is 0 Å². The summed E-state index contributed by atoms with van der Waals surface area (Å²) in [5.41, 5.74) is 7.63. The highest BCUT2D eigenvalue weighted by Crippen LogP contribution is 2.31. The van der Waals surface area contributed by atoms with E-state index >= 15 is 0 Å². The van der Waals surface area contributed by atoms with E-state index in [1.165, 1.54) is 18.4 Å². The van der Waals surface area contributed by atoms with Crippen LogP contribution in [0.15, 0.2) is 24.3 Å². The standard InChI is InChI=1S/C17H27ClN2O/c1-2-16(19)17(14-6-3-7-15(18)11-14)20-9-4-5-13(12-20)8-10-21/h3,6-7,11,13,16-17,21H,2,4-5,8-10,12,19H2,1H3. The summed E-state index contributed by atoms with van der Waals surface area (Å²) >= 11 is 6.16. The van der Waals surface area contributed by atoms with Crippen molar-refractivity contribution in [3.05, 3.63) is 34.9 Å². The number of likely N-dealkylation sites (tertiary alicyclic amines) is 1. The average Bonchev–Trinajstić information content (AvgIpc) is 2.48. The molecule has 0 radical (unpaired) electrons. The second kappa shape index (κ2) is 8.14. The van der Waals surface area contributed by atoms with Gasteiger partial charge in [0.25, 0.3) is 0 Å². The molecule has 0 aliphatic carbocycles. The molecular formula is C17H27ClN2O. The Bertz CT molecular complexity index is 439. The van der Waals surface area contributed by atoms with E-state index in [2.05, 4.69) is 17.9 Å². The molecule has 3 N–H and O–H groups in total. The second-order valence-electron chi connectivity index (χ2n) is 6.09. The number of benzene rings is 1. The molecule has 1 heterocycles. The Balaban J connectivity index is 2.19. The van der Waals surface area contributed by atoms with E-state index in [-0.39, 0.29) is 18.7 Å². The van der Waals surface area contributed by atoms with Crippen LogP contribution in [-0.2, 0) is 0 Å². The van der Waals surface area contributed by atoms with E-state index in [1.807, 2.05) is 18.2 Å². The quantitative estimate of drug-likeness (QED) is 0.848. The largest absolute Gasteiger partial charge is 0.396 e. The average molecular weight is 311 g/mol. The lowest BCUT2D eigenvalue weighted by Crippen LogP contribution is -2.45. The van der Waals surface area contributed by atoms with Gasteiger partial charge in [-0.25, -0.2) is 0 Å². The topological polar surface area (TPSA) is 49.5 Å². The fourth-order valence-electron chi connectivity index (χ4n) is 3.41. The minimum atomic E-state index is 0.108. The van der Waals surface area contributed by atoms with Crippen LogP contribution in [0.5, 0.6) is 0 Å². The summed E-state index contributed by atoms with van der Waals surface area (Å²) in [6.07, 6.45) is 4.22. The van der Waals surface area contributed by atoms with Gasteiger partial charge in [0.15, 0.2) is 0 Å². The van der Waals surface area contributed by atoms with Crippen molar-refractivity contribution in [2.24, 2.45) is 11.7 Å². The van der Waals surface area contributed by atoms with Gasteiger partial charge in [0.05, 0.1) is 0 Å². The van der Waals surface area contributed by atoms with Crippen molar-refractivity contribution < 1.29 is 5.11 Å². The molecule has 0 amide bonds. The summed E-state index contributed by atoms with van der Waals surface area (Å²) in [6.45, 7) is 4.51. The first-order chi connectivity index (χ1) is 10.2. The molecule has 1 aliphatic rings. The highest BCUT2D eigenvalue weighted by molar-refractivity contribution is 6.30. The van der Waals surface area contributed by atoms with Gasteiger partial charge in [-0.1, -0.05) is 30.7 Å². The van der Waals surface area contributed by atoms with E-state index in [4.69, 9.17) is 17.3 Å². The number of nitrogens with two attached hydrogens (primary N) is 1. The van der Waals surface area contributed by atoms with Crippen molar-refractivity contribution in [1.82, 2.24) is 4.90 Å². The van der Waals surface area contributed by atoms with E-state index < -0.39 is 0 Å².